The molecule has 4 aromatic heterocycles. The van der Waals surface area contributed by atoms with Gasteiger partial charge in [-0.05, 0) is 18.2 Å². The summed E-state index contributed by atoms with van der Waals surface area (Å²) in [6, 6.07) is 4.10. The lowest BCUT2D eigenvalue weighted by Crippen LogP contribution is -2.06. The van der Waals surface area contributed by atoms with E-state index < -0.39 is 11.7 Å². The zero-order chi connectivity index (χ0) is 16.2. The summed E-state index contributed by atoms with van der Waals surface area (Å²) in [5, 5.41) is -0.0677. The van der Waals surface area contributed by atoms with Crippen LogP contribution in [0, 0.1) is 0 Å². The number of hydrogen-bond donors (Lipinski definition) is 1. The van der Waals surface area contributed by atoms with Crippen LogP contribution in [0.4, 0.5) is 19.0 Å². The molecule has 5 nitrogen and oxygen atoms in total. The number of thiophene rings is 1. The average Bonchev–Trinajstić information content (AvgIpc) is 3.13. The third kappa shape index (κ3) is 2.12. The molecule has 0 saturated heterocycles. The lowest BCUT2D eigenvalue weighted by atomic mass is 10.1. The summed E-state index contributed by atoms with van der Waals surface area (Å²) in [6.45, 7) is 0. The predicted octanol–water partition coefficient (Wildman–Crippen LogP) is 4.10. The lowest BCUT2D eigenvalue weighted by molar-refractivity contribution is -0.136. The SMILES string of the molecule is Nc1ncnc2c1sc1nc(-c3ccco3)cc(C(F)(F)F)c12. The molecule has 4 rings (SSSR count). The van der Waals surface area contributed by atoms with Crippen molar-refractivity contribution in [1.82, 2.24) is 15.0 Å². The number of rotatable bonds is 1. The third-order valence-electron chi connectivity index (χ3n) is 3.33. The van der Waals surface area contributed by atoms with Crippen molar-refractivity contribution in [3.05, 3.63) is 36.4 Å². The Bertz CT molecular complexity index is 1020. The molecule has 0 aromatic carbocycles. The number of fused-ring (bicyclic) bond motifs is 3. The Morgan fingerprint density at radius 1 is 1.22 bits per heavy atom. The topological polar surface area (TPSA) is 77.8 Å². The molecule has 23 heavy (non-hydrogen) atoms. The standard InChI is InChI=1S/C14H7F3N4OS/c15-14(16,17)6-4-7(8-2-1-3-22-8)21-13-9(6)10-11(23-13)12(18)20-5-19-10/h1-5H,(H2,18,19,20). The van der Waals surface area contributed by atoms with Crippen LogP contribution in [0.15, 0.2) is 35.2 Å². The fourth-order valence-corrected chi connectivity index (χ4v) is 3.42. The molecule has 0 aliphatic rings. The molecule has 4 aromatic rings. The van der Waals surface area contributed by atoms with Crippen molar-refractivity contribution in [2.45, 2.75) is 6.18 Å². The van der Waals surface area contributed by atoms with Gasteiger partial charge < -0.3 is 10.2 Å². The summed E-state index contributed by atoms with van der Waals surface area (Å²) in [4.78, 5) is 12.2. The van der Waals surface area contributed by atoms with Gasteiger partial charge >= 0.3 is 6.18 Å². The van der Waals surface area contributed by atoms with Crippen LogP contribution < -0.4 is 5.73 Å². The van der Waals surface area contributed by atoms with Crippen molar-refractivity contribution < 1.29 is 17.6 Å². The molecule has 0 fully saturated rings. The van der Waals surface area contributed by atoms with Crippen molar-refractivity contribution in [1.29, 1.82) is 0 Å². The number of nitrogens with zero attached hydrogens (tertiary/aromatic N) is 3. The average molecular weight is 336 g/mol. The maximum absolute atomic E-state index is 13.5. The number of pyridine rings is 1. The minimum Gasteiger partial charge on any atom is -0.463 e. The molecule has 0 radical (unpaired) electrons. The van der Waals surface area contributed by atoms with Gasteiger partial charge in [-0.1, -0.05) is 0 Å². The number of aromatic nitrogens is 3. The first-order valence-electron chi connectivity index (χ1n) is 6.40. The zero-order valence-corrected chi connectivity index (χ0v) is 12.1. The fourth-order valence-electron chi connectivity index (χ4n) is 2.36. The normalized spacial score (nSPS) is 12.3. The van der Waals surface area contributed by atoms with Gasteiger partial charge in [-0.25, -0.2) is 15.0 Å². The number of nitrogens with two attached hydrogens (primary N) is 1. The van der Waals surface area contributed by atoms with E-state index in [1.54, 1.807) is 12.1 Å². The van der Waals surface area contributed by atoms with Gasteiger partial charge in [0.2, 0.25) is 0 Å². The molecule has 0 spiro atoms. The molecule has 0 bridgehead atoms. The minimum absolute atomic E-state index is 0.0677. The van der Waals surface area contributed by atoms with Crippen LogP contribution in [0.3, 0.4) is 0 Å². The third-order valence-corrected chi connectivity index (χ3v) is 4.43. The van der Waals surface area contributed by atoms with Gasteiger partial charge in [-0.3, -0.25) is 0 Å². The van der Waals surface area contributed by atoms with Crippen LogP contribution in [0.2, 0.25) is 0 Å². The molecule has 116 valence electrons. The summed E-state index contributed by atoms with van der Waals surface area (Å²) in [7, 11) is 0. The Balaban J connectivity index is 2.16. The van der Waals surface area contributed by atoms with Crippen molar-refractivity contribution in [2.24, 2.45) is 0 Å². The van der Waals surface area contributed by atoms with E-state index in [9.17, 15) is 13.2 Å². The first-order valence-corrected chi connectivity index (χ1v) is 7.21. The van der Waals surface area contributed by atoms with E-state index in [-0.39, 0.29) is 33.0 Å². The number of anilines is 1. The molecule has 0 amide bonds. The highest BCUT2D eigenvalue weighted by atomic mass is 32.1. The maximum atomic E-state index is 13.5. The summed E-state index contributed by atoms with van der Waals surface area (Å²) in [6.07, 6.45) is -2.04. The minimum atomic E-state index is -4.56. The van der Waals surface area contributed by atoms with Crippen molar-refractivity contribution in [3.8, 4) is 11.5 Å². The van der Waals surface area contributed by atoms with E-state index in [0.29, 0.717) is 4.70 Å². The van der Waals surface area contributed by atoms with E-state index in [2.05, 4.69) is 15.0 Å². The Morgan fingerprint density at radius 2 is 2.04 bits per heavy atom. The first kappa shape index (κ1) is 13.9. The second-order valence-corrected chi connectivity index (χ2v) is 5.75. The van der Waals surface area contributed by atoms with E-state index in [1.165, 1.54) is 6.26 Å². The molecule has 0 unspecified atom stereocenters. The molecule has 0 saturated carbocycles. The monoisotopic (exact) mass is 336 g/mol. The highest BCUT2D eigenvalue weighted by Gasteiger charge is 2.35. The number of alkyl halides is 3. The van der Waals surface area contributed by atoms with E-state index >= 15 is 0 Å². The van der Waals surface area contributed by atoms with Gasteiger partial charge in [0, 0.05) is 0 Å². The number of nitrogen functional groups attached to an aromatic ring is 1. The fraction of sp³-hybridized carbons (Fsp3) is 0.0714. The molecular formula is C14H7F3N4OS. The van der Waals surface area contributed by atoms with Crippen molar-refractivity contribution in [2.75, 3.05) is 5.73 Å². The second kappa shape index (κ2) is 4.66. The van der Waals surface area contributed by atoms with Gasteiger partial charge in [0.15, 0.2) is 5.76 Å². The summed E-state index contributed by atoms with van der Waals surface area (Å²) < 4.78 is 46.1. The predicted molar refractivity (Wildman–Crippen MR) is 79.8 cm³/mol. The lowest BCUT2D eigenvalue weighted by Gasteiger charge is -2.09. The van der Waals surface area contributed by atoms with E-state index in [4.69, 9.17) is 10.2 Å². The Morgan fingerprint density at radius 3 is 2.74 bits per heavy atom. The van der Waals surface area contributed by atoms with Crippen LogP contribution in [-0.4, -0.2) is 15.0 Å². The van der Waals surface area contributed by atoms with E-state index in [1.807, 2.05) is 0 Å². The van der Waals surface area contributed by atoms with Gasteiger partial charge in [0.1, 0.15) is 22.7 Å². The van der Waals surface area contributed by atoms with Crippen LogP contribution in [-0.2, 0) is 6.18 Å². The Labute approximate surface area is 130 Å². The smallest absolute Gasteiger partial charge is 0.417 e. The molecule has 0 aliphatic carbocycles. The maximum Gasteiger partial charge on any atom is 0.417 e. The number of halogens is 3. The molecule has 0 aliphatic heterocycles. The first-order chi connectivity index (χ1) is 10.9. The van der Waals surface area contributed by atoms with Gasteiger partial charge in [-0.15, -0.1) is 11.3 Å². The zero-order valence-electron chi connectivity index (χ0n) is 11.3. The quantitative estimate of drug-likeness (QED) is 0.566. The highest BCUT2D eigenvalue weighted by molar-refractivity contribution is 7.26. The van der Waals surface area contributed by atoms with Crippen LogP contribution in [0.25, 0.3) is 31.9 Å². The second-order valence-electron chi connectivity index (χ2n) is 4.75. The molecule has 2 N–H and O–H groups in total. The Kier molecular flexibility index (Phi) is 2.82. The molecular weight excluding hydrogens is 329 g/mol. The van der Waals surface area contributed by atoms with Gasteiger partial charge in [-0.2, -0.15) is 13.2 Å². The number of hydrogen-bond acceptors (Lipinski definition) is 6. The van der Waals surface area contributed by atoms with Crippen molar-refractivity contribution in [3.63, 3.8) is 0 Å². The van der Waals surface area contributed by atoms with Gasteiger partial charge in [0.05, 0.1) is 27.4 Å². The highest BCUT2D eigenvalue weighted by Crippen LogP contribution is 2.43. The summed E-state index contributed by atoms with van der Waals surface area (Å²) >= 11 is 1.03. The molecule has 4 heterocycles. The van der Waals surface area contributed by atoms with Crippen LogP contribution >= 0.6 is 11.3 Å². The summed E-state index contributed by atoms with van der Waals surface area (Å²) in [5.74, 6) is 0.389. The van der Waals surface area contributed by atoms with Crippen molar-refractivity contribution >= 4 is 37.6 Å². The molecule has 9 heteroatoms. The van der Waals surface area contributed by atoms with Crippen LogP contribution in [0.5, 0.6) is 0 Å². The van der Waals surface area contributed by atoms with E-state index in [0.717, 1.165) is 23.7 Å². The Hall–Kier alpha value is -2.68. The van der Waals surface area contributed by atoms with Gasteiger partial charge in [0.25, 0.3) is 0 Å². The largest absolute Gasteiger partial charge is 0.463 e. The summed E-state index contributed by atoms with van der Waals surface area (Å²) in [5.41, 5.74) is 5.18. The number of furan rings is 1. The van der Waals surface area contributed by atoms with Crippen LogP contribution in [0.1, 0.15) is 5.56 Å². The molecule has 0 atom stereocenters.